The standard InChI is InChI=1S/C11H24N2OS6/c12-11(13)20-4-3-19-10(6-16)8-17-7-9(5-15)18-2-1-14/h9-10,14-16H,1-8H2,(H3,12,13). The maximum Gasteiger partial charge on any atom is 0.151 e. The van der Waals surface area contributed by atoms with Crippen molar-refractivity contribution in [1.29, 1.82) is 5.41 Å². The van der Waals surface area contributed by atoms with Crippen LogP contribution in [0.1, 0.15) is 0 Å². The minimum absolute atomic E-state index is 0.194. The van der Waals surface area contributed by atoms with Gasteiger partial charge in [-0.1, -0.05) is 11.8 Å². The average Bonchev–Trinajstić information content (AvgIpc) is 2.44. The van der Waals surface area contributed by atoms with Gasteiger partial charge in [-0.25, -0.2) is 0 Å². The summed E-state index contributed by atoms with van der Waals surface area (Å²) in [4.78, 5) is 0. The number of rotatable bonds is 13. The summed E-state index contributed by atoms with van der Waals surface area (Å²) >= 11 is 15.8. The molecule has 0 aromatic carbocycles. The second kappa shape index (κ2) is 15.4. The van der Waals surface area contributed by atoms with Crippen LogP contribution >= 0.6 is 72.3 Å². The summed E-state index contributed by atoms with van der Waals surface area (Å²) in [6, 6.07) is 0. The van der Waals surface area contributed by atoms with E-state index < -0.39 is 0 Å². The maximum atomic E-state index is 8.83. The third-order valence-corrected chi connectivity index (χ3v) is 8.67. The molecule has 0 rings (SSSR count). The van der Waals surface area contributed by atoms with Gasteiger partial charge in [0.1, 0.15) is 0 Å². The molecular weight excluding hydrogens is 369 g/mol. The van der Waals surface area contributed by atoms with Crippen molar-refractivity contribution in [2.75, 3.05) is 46.9 Å². The lowest BCUT2D eigenvalue weighted by atomic mass is 10.5. The zero-order valence-corrected chi connectivity index (χ0v) is 16.4. The van der Waals surface area contributed by atoms with Crippen LogP contribution in [0.4, 0.5) is 0 Å². The number of thiol groups is 2. The molecule has 2 atom stereocenters. The molecule has 4 N–H and O–H groups in total. The molecule has 0 aliphatic carbocycles. The van der Waals surface area contributed by atoms with Crippen LogP contribution in [0.2, 0.25) is 0 Å². The van der Waals surface area contributed by atoms with Gasteiger partial charge in [0.05, 0.1) is 6.61 Å². The molecule has 0 saturated carbocycles. The van der Waals surface area contributed by atoms with E-state index in [-0.39, 0.29) is 11.8 Å². The Bertz CT molecular complexity index is 247. The van der Waals surface area contributed by atoms with Crippen molar-refractivity contribution in [3.05, 3.63) is 0 Å². The van der Waals surface area contributed by atoms with Crippen LogP contribution in [0.5, 0.6) is 0 Å². The molecule has 0 saturated heterocycles. The normalized spacial score (nSPS) is 14.2. The van der Waals surface area contributed by atoms with E-state index in [4.69, 9.17) is 16.2 Å². The lowest BCUT2D eigenvalue weighted by molar-refractivity contribution is 0.322. The first-order valence-electron chi connectivity index (χ1n) is 6.24. The molecule has 0 bridgehead atoms. The lowest BCUT2D eigenvalue weighted by Gasteiger charge is -2.16. The molecule has 20 heavy (non-hydrogen) atoms. The van der Waals surface area contributed by atoms with E-state index in [9.17, 15) is 0 Å². The van der Waals surface area contributed by atoms with Gasteiger partial charge in [-0.2, -0.15) is 60.5 Å². The Hall–Kier alpha value is 1.53. The molecule has 0 aromatic heterocycles. The van der Waals surface area contributed by atoms with E-state index in [1.807, 2.05) is 23.5 Å². The van der Waals surface area contributed by atoms with Crippen LogP contribution in [0, 0.1) is 5.41 Å². The number of hydrogen-bond acceptors (Lipinski definition) is 8. The summed E-state index contributed by atoms with van der Waals surface area (Å²) in [6.07, 6.45) is 0. The molecule has 0 heterocycles. The topological polar surface area (TPSA) is 70.1 Å². The minimum Gasteiger partial charge on any atom is -0.396 e. The third kappa shape index (κ3) is 13.2. The Morgan fingerprint density at radius 3 is 2.05 bits per heavy atom. The average molecular weight is 393 g/mol. The largest absolute Gasteiger partial charge is 0.396 e. The van der Waals surface area contributed by atoms with Gasteiger partial charge in [0.2, 0.25) is 0 Å². The van der Waals surface area contributed by atoms with E-state index in [1.54, 1.807) is 11.8 Å². The highest BCUT2D eigenvalue weighted by molar-refractivity contribution is 8.14. The highest BCUT2D eigenvalue weighted by atomic mass is 32.2. The minimum atomic E-state index is 0.194. The number of nitrogens with one attached hydrogen (secondary N) is 1. The van der Waals surface area contributed by atoms with Crippen molar-refractivity contribution in [3.63, 3.8) is 0 Å². The smallest absolute Gasteiger partial charge is 0.151 e. The lowest BCUT2D eigenvalue weighted by Crippen LogP contribution is -2.15. The van der Waals surface area contributed by atoms with Gasteiger partial charge in [-0.3, -0.25) is 5.41 Å². The Balaban J connectivity index is 3.68. The number of amidine groups is 1. The van der Waals surface area contributed by atoms with Crippen molar-refractivity contribution >= 4 is 77.5 Å². The summed E-state index contributed by atoms with van der Waals surface area (Å²) in [7, 11) is 0. The molecule has 0 fully saturated rings. The van der Waals surface area contributed by atoms with Crippen molar-refractivity contribution < 1.29 is 5.11 Å². The van der Waals surface area contributed by atoms with Gasteiger partial charge in [-0.05, 0) is 0 Å². The second-order valence-corrected chi connectivity index (χ2v) is 9.58. The Morgan fingerprint density at radius 1 is 1.05 bits per heavy atom. The van der Waals surface area contributed by atoms with Crippen molar-refractivity contribution in [1.82, 2.24) is 0 Å². The zero-order valence-electron chi connectivity index (χ0n) is 11.4. The number of thioether (sulfide) groups is 4. The first kappa shape index (κ1) is 21.5. The van der Waals surface area contributed by atoms with Crippen LogP contribution in [0.25, 0.3) is 0 Å². The van der Waals surface area contributed by atoms with Crippen LogP contribution < -0.4 is 5.73 Å². The quantitative estimate of drug-likeness (QED) is 0.143. The summed E-state index contributed by atoms with van der Waals surface area (Å²) in [5.74, 6) is 6.57. The molecule has 0 radical (unpaired) electrons. The number of aliphatic hydroxyl groups is 1. The molecule has 120 valence electrons. The van der Waals surface area contributed by atoms with Crippen molar-refractivity contribution in [2.45, 2.75) is 10.5 Å². The highest BCUT2D eigenvalue weighted by Crippen LogP contribution is 2.23. The molecule has 0 amide bonds. The van der Waals surface area contributed by atoms with E-state index in [2.05, 4.69) is 25.3 Å². The van der Waals surface area contributed by atoms with Gasteiger partial charge < -0.3 is 10.8 Å². The maximum absolute atomic E-state index is 8.83. The number of hydrogen-bond donors (Lipinski definition) is 5. The fourth-order valence-corrected chi connectivity index (χ4v) is 6.63. The van der Waals surface area contributed by atoms with Gasteiger partial charge in [-0.15, -0.1) is 0 Å². The summed E-state index contributed by atoms with van der Waals surface area (Å²) in [5.41, 5.74) is 5.30. The monoisotopic (exact) mass is 392 g/mol. The van der Waals surface area contributed by atoms with Crippen LogP contribution in [-0.4, -0.2) is 67.7 Å². The summed E-state index contributed by atoms with van der Waals surface area (Å²) in [6.45, 7) is 0.239. The predicted octanol–water partition coefficient (Wildman–Crippen LogP) is 2.40. The molecule has 0 spiro atoms. The Morgan fingerprint density at radius 2 is 1.60 bits per heavy atom. The van der Waals surface area contributed by atoms with Crippen LogP contribution in [-0.2, 0) is 0 Å². The van der Waals surface area contributed by atoms with Crippen LogP contribution in [0.15, 0.2) is 0 Å². The molecule has 0 aliphatic rings. The SMILES string of the molecule is N=C(N)SCCSC(CS)CSCC(CS)SCCO. The summed E-state index contributed by atoms with van der Waals surface area (Å²) in [5, 5.41) is 17.2. The van der Waals surface area contributed by atoms with E-state index in [0.717, 1.165) is 40.3 Å². The Labute approximate surface area is 150 Å². The van der Waals surface area contributed by atoms with Crippen LogP contribution in [0.3, 0.4) is 0 Å². The Kier molecular flexibility index (Phi) is 16.6. The molecule has 0 aromatic rings. The molecule has 3 nitrogen and oxygen atoms in total. The molecular formula is C11H24N2OS6. The first-order chi connectivity index (χ1) is 9.63. The molecule has 0 aliphatic heterocycles. The fourth-order valence-electron chi connectivity index (χ4n) is 1.22. The second-order valence-electron chi connectivity index (χ2n) is 3.82. The van der Waals surface area contributed by atoms with E-state index in [0.29, 0.717) is 10.5 Å². The van der Waals surface area contributed by atoms with Gasteiger partial charge in [0.25, 0.3) is 0 Å². The van der Waals surface area contributed by atoms with Crippen molar-refractivity contribution in [3.8, 4) is 0 Å². The van der Waals surface area contributed by atoms with E-state index >= 15 is 0 Å². The zero-order chi connectivity index (χ0) is 15.2. The fraction of sp³-hybridized carbons (Fsp3) is 0.909. The highest BCUT2D eigenvalue weighted by Gasteiger charge is 2.11. The van der Waals surface area contributed by atoms with Crippen molar-refractivity contribution in [2.24, 2.45) is 5.73 Å². The van der Waals surface area contributed by atoms with Gasteiger partial charge in [0.15, 0.2) is 5.17 Å². The molecule has 2 unspecified atom stereocenters. The molecule has 9 heteroatoms. The number of nitrogens with two attached hydrogens (primary N) is 1. The first-order valence-corrected chi connectivity index (χ1v) is 11.7. The predicted molar refractivity (Wildman–Crippen MR) is 109 cm³/mol. The van der Waals surface area contributed by atoms with Gasteiger partial charge in [0, 0.05) is 50.8 Å². The van der Waals surface area contributed by atoms with E-state index in [1.165, 1.54) is 11.8 Å². The van der Waals surface area contributed by atoms with Gasteiger partial charge >= 0.3 is 0 Å². The number of aliphatic hydroxyl groups excluding tert-OH is 1. The third-order valence-electron chi connectivity index (χ3n) is 2.15. The summed E-state index contributed by atoms with van der Waals surface area (Å²) < 4.78 is 0.